The Labute approximate surface area is 149 Å². The molecular formula is C21H16OS2. The van der Waals surface area contributed by atoms with Gasteiger partial charge in [0.05, 0.1) is 12.5 Å². The first-order chi connectivity index (χ1) is 11.8. The van der Waals surface area contributed by atoms with E-state index in [1.165, 1.54) is 32.0 Å². The van der Waals surface area contributed by atoms with Crippen molar-refractivity contribution in [1.29, 1.82) is 0 Å². The fourth-order valence-electron chi connectivity index (χ4n) is 3.98. The molecule has 0 bridgehead atoms. The van der Waals surface area contributed by atoms with Gasteiger partial charge in [-0.3, -0.25) is 0 Å². The molecule has 1 aromatic carbocycles. The summed E-state index contributed by atoms with van der Waals surface area (Å²) in [5.41, 5.74) is 5.42. The van der Waals surface area contributed by atoms with Crippen LogP contribution in [-0.2, 0) is 5.41 Å². The van der Waals surface area contributed by atoms with E-state index in [4.69, 9.17) is 4.74 Å². The van der Waals surface area contributed by atoms with Gasteiger partial charge in [0.15, 0.2) is 0 Å². The highest BCUT2D eigenvalue weighted by Gasteiger charge is 2.46. The van der Waals surface area contributed by atoms with Gasteiger partial charge in [0.25, 0.3) is 0 Å². The standard InChI is InChI=1S/C21H16OS2/c1-22-15-6-7-16-14(12-15)13-18-17(16)8-9-21(18,19-4-2-10-23-19)20-5-3-11-24-20/h2-8,10-13H,9H2,1H3. The van der Waals surface area contributed by atoms with E-state index in [0.29, 0.717) is 0 Å². The van der Waals surface area contributed by atoms with Crippen LogP contribution in [0.15, 0.2) is 64.9 Å². The maximum absolute atomic E-state index is 5.41. The van der Waals surface area contributed by atoms with Gasteiger partial charge in [0.2, 0.25) is 0 Å². The van der Waals surface area contributed by atoms with Gasteiger partial charge in [-0.25, -0.2) is 0 Å². The molecule has 5 rings (SSSR count). The smallest absolute Gasteiger partial charge is 0.119 e. The third-order valence-electron chi connectivity index (χ3n) is 5.09. The van der Waals surface area contributed by atoms with Gasteiger partial charge in [-0.15, -0.1) is 22.7 Å². The molecule has 2 heterocycles. The minimum Gasteiger partial charge on any atom is -0.497 e. The molecule has 24 heavy (non-hydrogen) atoms. The third-order valence-corrected chi connectivity index (χ3v) is 7.16. The van der Waals surface area contributed by atoms with Crippen LogP contribution in [0.3, 0.4) is 0 Å². The first-order valence-electron chi connectivity index (χ1n) is 8.02. The monoisotopic (exact) mass is 348 g/mol. The van der Waals surface area contributed by atoms with Gasteiger partial charge < -0.3 is 4.74 Å². The van der Waals surface area contributed by atoms with Crippen molar-refractivity contribution in [3.8, 4) is 5.75 Å². The zero-order valence-electron chi connectivity index (χ0n) is 13.3. The number of hydrogen-bond acceptors (Lipinski definition) is 3. The molecule has 0 unspecified atom stereocenters. The summed E-state index contributed by atoms with van der Waals surface area (Å²) in [6.07, 6.45) is 5.83. The normalized spacial score (nSPS) is 17.2. The average molecular weight is 348 g/mol. The van der Waals surface area contributed by atoms with Gasteiger partial charge in [-0.2, -0.15) is 0 Å². The molecule has 3 heteroatoms. The van der Waals surface area contributed by atoms with E-state index in [2.05, 4.69) is 65.4 Å². The maximum atomic E-state index is 5.41. The summed E-state index contributed by atoms with van der Waals surface area (Å²) in [5.74, 6) is 0.920. The highest BCUT2D eigenvalue weighted by atomic mass is 32.1. The number of thiophene rings is 2. The number of benzene rings is 1. The Hall–Kier alpha value is -2.10. The Morgan fingerprint density at radius 2 is 1.75 bits per heavy atom. The van der Waals surface area contributed by atoms with E-state index >= 15 is 0 Å². The molecule has 2 aliphatic rings. The summed E-state index contributed by atoms with van der Waals surface area (Å²) in [7, 11) is 1.73. The molecule has 1 nitrogen and oxygen atoms in total. The van der Waals surface area contributed by atoms with Crippen LogP contribution in [0.2, 0.25) is 0 Å². The molecule has 2 aliphatic carbocycles. The highest BCUT2D eigenvalue weighted by Crippen LogP contribution is 2.58. The average Bonchev–Trinajstić information content (AvgIpc) is 3.36. The summed E-state index contributed by atoms with van der Waals surface area (Å²) >= 11 is 3.72. The van der Waals surface area contributed by atoms with Crippen LogP contribution in [0, 0.1) is 0 Å². The molecule has 0 radical (unpaired) electrons. The van der Waals surface area contributed by atoms with E-state index in [1.54, 1.807) is 7.11 Å². The second-order valence-electron chi connectivity index (χ2n) is 6.19. The summed E-state index contributed by atoms with van der Waals surface area (Å²) < 4.78 is 5.41. The predicted molar refractivity (Wildman–Crippen MR) is 103 cm³/mol. The zero-order valence-corrected chi connectivity index (χ0v) is 14.9. The van der Waals surface area contributed by atoms with E-state index in [0.717, 1.165) is 12.2 Å². The Bertz CT molecular complexity index is 925. The summed E-state index contributed by atoms with van der Waals surface area (Å²) in [6, 6.07) is 15.3. The first-order valence-corrected chi connectivity index (χ1v) is 9.78. The number of methoxy groups -OCH3 is 1. The molecule has 0 saturated carbocycles. The van der Waals surface area contributed by atoms with Crippen molar-refractivity contribution in [2.45, 2.75) is 11.8 Å². The molecule has 118 valence electrons. The topological polar surface area (TPSA) is 9.23 Å². The van der Waals surface area contributed by atoms with Gasteiger partial charge in [0.1, 0.15) is 5.75 Å². The first kappa shape index (κ1) is 14.3. The second kappa shape index (κ2) is 5.20. The fraction of sp³-hybridized carbons (Fsp3) is 0.143. The molecule has 0 spiro atoms. The molecule has 0 amide bonds. The fourth-order valence-corrected chi connectivity index (χ4v) is 5.98. The van der Waals surface area contributed by atoms with E-state index in [9.17, 15) is 0 Å². The lowest BCUT2D eigenvalue weighted by Crippen LogP contribution is -2.24. The number of ether oxygens (including phenoxy) is 1. The number of allylic oxidation sites excluding steroid dienone is 3. The molecule has 2 aromatic heterocycles. The number of fused-ring (bicyclic) bond motifs is 3. The quantitative estimate of drug-likeness (QED) is 0.565. The molecule has 0 saturated heterocycles. The van der Waals surface area contributed by atoms with Gasteiger partial charge >= 0.3 is 0 Å². The summed E-state index contributed by atoms with van der Waals surface area (Å²) in [6.45, 7) is 0. The van der Waals surface area contributed by atoms with Crippen molar-refractivity contribution in [3.05, 3.63) is 85.8 Å². The lowest BCUT2D eigenvalue weighted by atomic mass is 9.77. The lowest BCUT2D eigenvalue weighted by molar-refractivity contribution is 0.414. The molecule has 0 atom stereocenters. The van der Waals surface area contributed by atoms with Crippen LogP contribution in [0.5, 0.6) is 5.75 Å². The van der Waals surface area contributed by atoms with Crippen molar-refractivity contribution >= 4 is 34.3 Å². The summed E-state index contributed by atoms with van der Waals surface area (Å²) in [4.78, 5) is 2.87. The van der Waals surface area contributed by atoms with Crippen LogP contribution in [0.1, 0.15) is 27.3 Å². The largest absolute Gasteiger partial charge is 0.497 e. The van der Waals surface area contributed by atoms with Crippen LogP contribution in [-0.4, -0.2) is 7.11 Å². The van der Waals surface area contributed by atoms with Gasteiger partial charge in [-0.05, 0) is 69.8 Å². The Morgan fingerprint density at radius 1 is 1.00 bits per heavy atom. The van der Waals surface area contributed by atoms with Crippen molar-refractivity contribution in [1.82, 2.24) is 0 Å². The van der Waals surface area contributed by atoms with Gasteiger partial charge in [-0.1, -0.05) is 24.3 Å². The molecule has 3 aromatic rings. The minimum absolute atomic E-state index is 0.0239. The Balaban J connectivity index is 1.73. The number of hydrogen-bond donors (Lipinski definition) is 0. The highest BCUT2D eigenvalue weighted by molar-refractivity contribution is 7.12. The van der Waals surface area contributed by atoms with Crippen molar-refractivity contribution in [3.63, 3.8) is 0 Å². The number of rotatable bonds is 3. The van der Waals surface area contributed by atoms with E-state index in [1.807, 2.05) is 22.7 Å². The zero-order chi connectivity index (χ0) is 16.1. The maximum Gasteiger partial charge on any atom is 0.119 e. The van der Waals surface area contributed by atoms with E-state index in [-0.39, 0.29) is 5.41 Å². The van der Waals surface area contributed by atoms with Crippen molar-refractivity contribution in [2.24, 2.45) is 0 Å². The molecule has 0 aliphatic heterocycles. The molecular weight excluding hydrogens is 332 g/mol. The SMILES string of the molecule is COc1ccc2c(c1)C=C1C2=CCC1(c1cccs1)c1cccs1. The summed E-state index contributed by atoms with van der Waals surface area (Å²) in [5, 5.41) is 4.38. The second-order valence-corrected chi connectivity index (χ2v) is 8.09. The van der Waals surface area contributed by atoms with Gasteiger partial charge in [0, 0.05) is 9.75 Å². The minimum atomic E-state index is -0.0239. The lowest BCUT2D eigenvalue weighted by Gasteiger charge is -2.29. The molecule has 0 fully saturated rings. The van der Waals surface area contributed by atoms with Crippen LogP contribution in [0.4, 0.5) is 0 Å². The molecule has 0 N–H and O–H groups in total. The Morgan fingerprint density at radius 3 is 2.38 bits per heavy atom. The van der Waals surface area contributed by atoms with Crippen LogP contribution in [0.25, 0.3) is 11.6 Å². The van der Waals surface area contributed by atoms with Crippen molar-refractivity contribution in [2.75, 3.05) is 7.11 Å². The Kier molecular flexibility index (Phi) is 3.09. The predicted octanol–water partition coefficient (Wildman–Crippen LogP) is 5.99. The van der Waals surface area contributed by atoms with Crippen LogP contribution >= 0.6 is 22.7 Å². The van der Waals surface area contributed by atoms with E-state index < -0.39 is 0 Å². The van der Waals surface area contributed by atoms with Crippen LogP contribution < -0.4 is 4.74 Å². The third kappa shape index (κ3) is 1.80. The van der Waals surface area contributed by atoms with Crippen molar-refractivity contribution < 1.29 is 4.74 Å².